The summed E-state index contributed by atoms with van der Waals surface area (Å²) >= 11 is 2.22. The minimum absolute atomic E-state index is 0.00942. The van der Waals surface area contributed by atoms with E-state index in [-0.39, 0.29) is 76.1 Å². The Morgan fingerprint density at radius 3 is 1.83 bits per heavy atom. The van der Waals surface area contributed by atoms with Crippen molar-refractivity contribution >= 4 is 45.0 Å². The molecule has 336 valence electrons. The van der Waals surface area contributed by atoms with Crippen LogP contribution in [-0.4, -0.2) is 59.1 Å². The van der Waals surface area contributed by atoms with Crippen molar-refractivity contribution in [2.24, 2.45) is 35.5 Å². The molecule has 0 saturated carbocycles. The normalized spacial score (nSPS) is 18.9. The van der Waals surface area contributed by atoms with Gasteiger partial charge in [-0.3, -0.25) is 4.79 Å². The molecule has 0 radical (unpaired) electrons. The number of allylic oxidation sites excluding steroid dienone is 4. The molecule has 10 atom stereocenters. The van der Waals surface area contributed by atoms with Gasteiger partial charge in [0.1, 0.15) is 5.75 Å². The van der Waals surface area contributed by atoms with E-state index < -0.39 is 22.7 Å². The first-order valence-electron chi connectivity index (χ1n) is 21.8. The lowest BCUT2D eigenvalue weighted by atomic mass is 9.81. The maximum atomic E-state index is 13.6. The van der Waals surface area contributed by atoms with Crippen molar-refractivity contribution in [3.63, 3.8) is 0 Å². The van der Waals surface area contributed by atoms with Crippen LogP contribution in [0.3, 0.4) is 0 Å². The van der Waals surface area contributed by atoms with E-state index in [0.29, 0.717) is 6.61 Å². The van der Waals surface area contributed by atoms with E-state index in [0.717, 1.165) is 17.7 Å². The number of ketones is 1. The third-order valence-electron chi connectivity index (χ3n) is 13.0. The number of methoxy groups -OCH3 is 1. The molecule has 0 aliphatic carbocycles. The quantitative estimate of drug-likeness (QED) is 0.0346. The third kappa shape index (κ3) is 18.3. The molecule has 1 aromatic rings. The van der Waals surface area contributed by atoms with Crippen molar-refractivity contribution < 1.29 is 28.2 Å². The number of hydrogen-bond acceptors (Lipinski definition) is 6. The van der Waals surface area contributed by atoms with Crippen LogP contribution in [0.1, 0.15) is 108 Å². The van der Waals surface area contributed by atoms with Gasteiger partial charge in [-0.15, -0.1) is 0 Å². The molecule has 0 aliphatic heterocycles. The average molecular weight is 965 g/mol. The minimum atomic E-state index is -2.18. The number of aliphatic hydroxyl groups is 1. The van der Waals surface area contributed by atoms with Gasteiger partial charge in [0.25, 0.3) is 0 Å². The fourth-order valence-corrected chi connectivity index (χ4v) is 10.5. The lowest BCUT2D eigenvalue weighted by Gasteiger charge is -2.44. The molecule has 1 rings (SSSR count). The van der Waals surface area contributed by atoms with Gasteiger partial charge in [-0.25, -0.2) is 0 Å². The number of rotatable bonds is 25. The van der Waals surface area contributed by atoms with E-state index >= 15 is 0 Å². The van der Waals surface area contributed by atoms with Crippen molar-refractivity contribution in [3.05, 3.63) is 88.6 Å². The van der Waals surface area contributed by atoms with Crippen LogP contribution in [0.15, 0.2) is 83.0 Å². The van der Waals surface area contributed by atoms with Gasteiger partial charge in [-0.2, -0.15) is 0 Å². The fraction of sp³-hybridized carbons (Fsp3) is 0.660. The van der Waals surface area contributed by atoms with Gasteiger partial charge in [0.05, 0.1) is 38.1 Å². The highest BCUT2D eigenvalue weighted by atomic mass is 127. The highest BCUT2D eigenvalue weighted by Crippen LogP contribution is 2.42. The topological polar surface area (TPSA) is 74.2 Å². The zero-order chi connectivity index (χ0) is 45.5. The van der Waals surface area contributed by atoms with E-state index in [9.17, 15) is 9.90 Å². The van der Waals surface area contributed by atoms with Crippen LogP contribution in [0.25, 0.3) is 0 Å². The highest BCUT2D eigenvalue weighted by Gasteiger charge is 2.44. The van der Waals surface area contributed by atoms with Crippen LogP contribution in [-0.2, 0) is 25.0 Å². The molecule has 0 saturated heterocycles. The summed E-state index contributed by atoms with van der Waals surface area (Å²) in [5.74, 6) is 1.07. The Labute approximate surface area is 378 Å². The van der Waals surface area contributed by atoms with Crippen molar-refractivity contribution in [2.75, 3.05) is 7.11 Å². The number of ether oxygens (including phenoxy) is 2. The van der Waals surface area contributed by atoms with Crippen LogP contribution in [0.2, 0.25) is 36.3 Å². The van der Waals surface area contributed by atoms with Crippen molar-refractivity contribution in [1.29, 1.82) is 0 Å². The van der Waals surface area contributed by atoms with E-state index in [1.54, 1.807) is 19.3 Å². The second kappa shape index (κ2) is 24.9. The summed E-state index contributed by atoms with van der Waals surface area (Å²) < 4.78 is 28.1. The maximum Gasteiger partial charge on any atom is 0.192 e. The van der Waals surface area contributed by atoms with Crippen molar-refractivity contribution in [3.8, 4) is 5.75 Å². The van der Waals surface area contributed by atoms with E-state index in [1.807, 2.05) is 40.5 Å². The maximum absolute atomic E-state index is 13.6. The molecule has 0 bridgehead atoms. The van der Waals surface area contributed by atoms with Crippen LogP contribution in [0.4, 0.5) is 0 Å². The summed E-state index contributed by atoms with van der Waals surface area (Å²) in [6.45, 7) is 42.3. The van der Waals surface area contributed by atoms with Gasteiger partial charge in [0.2, 0.25) is 0 Å². The number of benzene rings is 1. The Morgan fingerprint density at radius 2 is 1.34 bits per heavy atom. The summed E-state index contributed by atoms with van der Waals surface area (Å²) in [5.41, 5.74) is 2.31. The first-order valence-corrected chi connectivity index (χ1v) is 28.9. The SMILES string of the molecule is C=C/C=C\[C@H](C)[C@H](O)[C@@H](C)[C@H](O[Si](C)(C)C(C)(C)C)[C@@H](C)C/C(C)=C\[C@H](C)[C@@H](O[Si](C)(C)C(C)(C)C)[C@@H](C)/C=C\C(=O)C[C@H](OCc1ccc(OC)cc1)[C@H](C)/C=C/I. The number of carbonyl (C=O) groups is 1. The zero-order valence-electron chi connectivity index (χ0n) is 40.4. The molecule has 9 heteroatoms. The minimum Gasteiger partial charge on any atom is -0.497 e. The number of carbonyl (C=O) groups excluding carboxylic acids is 1. The summed E-state index contributed by atoms with van der Waals surface area (Å²) in [6, 6.07) is 7.85. The van der Waals surface area contributed by atoms with E-state index in [2.05, 4.69) is 164 Å². The Balaban J connectivity index is 3.42. The Morgan fingerprint density at radius 1 is 0.797 bits per heavy atom. The van der Waals surface area contributed by atoms with Crippen LogP contribution < -0.4 is 4.74 Å². The molecule has 0 spiro atoms. The van der Waals surface area contributed by atoms with Gasteiger partial charge in [0.15, 0.2) is 22.4 Å². The van der Waals surface area contributed by atoms with Gasteiger partial charge in [-0.1, -0.05) is 166 Å². The first-order chi connectivity index (χ1) is 27.1. The molecular formula is C50H85IO6Si2. The third-order valence-corrected chi connectivity index (χ3v) is 22.3. The smallest absolute Gasteiger partial charge is 0.192 e. The largest absolute Gasteiger partial charge is 0.497 e. The molecule has 0 aliphatic rings. The van der Waals surface area contributed by atoms with Gasteiger partial charge < -0.3 is 23.4 Å². The van der Waals surface area contributed by atoms with Gasteiger partial charge in [0, 0.05) is 24.2 Å². The molecule has 0 aromatic heterocycles. The zero-order valence-corrected chi connectivity index (χ0v) is 44.6. The molecule has 0 amide bonds. The first kappa shape index (κ1) is 55.4. The van der Waals surface area contributed by atoms with Crippen LogP contribution in [0, 0.1) is 35.5 Å². The predicted octanol–water partition coefficient (Wildman–Crippen LogP) is 14.1. The van der Waals surface area contributed by atoms with Gasteiger partial charge in [-0.05, 0) is 95.2 Å². The Bertz CT molecular complexity index is 1530. The average Bonchev–Trinajstić information content (AvgIpc) is 3.14. The van der Waals surface area contributed by atoms with Crippen LogP contribution >= 0.6 is 22.6 Å². The standard InChI is InChI=1S/C50H85IO6Si2/c1-20-21-22-37(4)46(53)41(8)48(57-59(18,19)50(12,13)14)40(7)32-35(2)31-39(6)47(56-58(16,17)49(9,10)11)38(5)23-26-43(52)33-45(36(3)29-30-51)55-34-42-24-27-44(54-15)28-25-42/h20-31,36-41,45-48,53H,1,32-34H2,2-19H3/b22-21-,26-23-,30-29+,35-31-/t36-,37+,38+,39+,40+,41-,45+,46+,47+,48-/m1/s1. The Kier molecular flexibility index (Phi) is 23.4. The number of hydrogen-bond donors (Lipinski definition) is 1. The molecule has 0 unspecified atom stereocenters. The number of halogens is 1. The van der Waals surface area contributed by atoms with Crippen molar-refractivity contribution in [2.45, 2.75) is 170 Å². The summed E-state index contributed by atoms with van der Waals surface area (Å²) in [4.78, 5) is 13.6. The molecular weight excluding hydrogens is 880 g/mol. The molecule has 1 N–H and O–H groups in total. The lowest BCUT2D eigenvalue weighted by Crippen LogP contribution is -2.49. The summed E-state index contributed by atoms with van der Waals surface area (Å²) in [5, 5.41) is 11.6. The molecule has 1 aromatic carbocycles. The highest BCUT2D eigenvalue weighted by molar-refractivity contribution is 14.1. The van der Waals surface area contributed by atoms with Crippen molar-refractivity contribution in [1.82, 2.24) is 0 Å². The van der Waals surface area contributed by atoms with E-state index in [1.165, 1.54) is 5.57 Å². The summed E-state index contributed by atoms with van der Waals surface area (Å²) in [6.07, 6.45) is 14.1. The molecule has 0 fully saturated rings. The lowest BCUT2D eigenvalue weighted by molar-refractivity contribution is -0.118. The predicted molar refractivity (Wildman–Crippen MR) is 266 cm³/mol. The molecule has 59 heavy (non-hydrogen) atoms. The second-order valence-electron chi connectivity index (χ2n) is 20.3. The molecule has 6 nitrogen and oxygen atoms in total. The number of aliphatic hydroxyl groups excluding tert-OH is 1. The Hall–Kier alpha value is -1.61. The van der Waals surface area contributed by atoms with Crippen LogP contribution in [0.5, 0.6) is 5.75 Å². The monoisotopic (exact) mass is 964 g/mol. The second-order valence-corrected chi connectivity index (χ2v) is 30.6. The summed E-state index contributed by atoms with van der Waals surface area (Å²) in [7, 11) is -2.68. The van der Waals surface area contributed by atoms with Gasteiger partial charge >= 0.3 is 0 Å². The van der Waals surface area contributed by atoms with E-state index in [4.69, 9.17) is 18.3 Å². The molecule has 0 heterocycles. The fourth-order valence-electron chi connectivity index (χ4n) is 6.94.